The number of carbonyl (C=O) groups is 3. The van der Waals surface area contributed by atoms with E-state index in [1.165, 1.54) is 11.8 Å². The van der Waals surface area contributed by atoms with E-state index < -0.39 is 0 Å². The first-order valence-electron chi connectivity index (χ1n) is 10.7. The summed E-state index contributed by atoms with van der Waals surface area (Å²) in [7, 11) is 0. The number of carbonyl (C=O) groups excluding carboxylic acids is 3. The molecule has 0 fully saturated rings. The molecule has 1 aliphatic heterocycles. The van der Waals surface area contributed by atoms with Gasteiger partial charge in [-0.25, -0.2) is 0 Å². The summed E-state index contributed by atoms with van der Waals surface area (Å²) in [5.74, 6) is -0.907. The van der Waals surface area contributed by atoms with Gasteiger partial charge in [0.15, 0.2) is 0 Å². The van der Waals surface area contributed by atoms with Gasteiger partial charge in [-0.2, -0.15) is 0 Å². The van der Waals surface area contributed by atoms with Gasteiger partial charge in [-0.15, -0.1) is 0 Å². The van der Waals surface area contributed by atoms with Crippen molar-refractivity contribution in [2.75, 3.05) is 10.6 Å². The third-order valence-corrected chi connectivity index (χ3v) is 5.71. The second-order valence-corrected chi connectivity index (χ2v) is 8.06. The van der Waals surface area contributed by atoms with Crippen molar-refractivity contribution < 1.29 is 14.4 Å². The molecular formula is C27H25N3O3. The van der Waals surface area contributed by atoms with Crippen LogP contribution in [0.2, 0.25) is 0 Å². The van der Waals surface area contributed by atoms with Crippen molar-refractivity contribution in [1.29, 1.82) is 0 Å². The zero-order chi connectivity index (χ0) is 23.5. The number of benzene rings is 3. The molecule has 3 amide bonds. The van der Waals surface area contributed by atoms with Crippen LogP contribution < -0.4 is 10.6 Å². The molecule has 4 rings (SSSR count). The number of hydrogen-bond donors (Lipinski definition) is 2. The smallest absolute Gasteiger partial charge is 0.278 e. The lowest BCUT2D eigenvalue weighted by Gasteiger charge is -2.16. The van der Waals surface area contributed by atoms with Gasteiger partial charge in [0.05, 0.1) is 12.1 Å². The molecule has 0 saturated heterocycles. The lowest BCUT2D eigenvalue weighted by Crippen LogP contribution is -2.32. The molecule has 0 atom stereocenters. The quantitative estimate of drug-likeness (QED) is 0.548. The van der Waals surface area contributed by atoms with Gasteiger partial charge in [0.1, 0.15) is 5.70 Å². The third-order valence-electron chi connectivity index (χ3n) is 5.71. The van der Waals surface area contributed by atoms with Gasteiger partial charge in [-0.3, -0.25) is 19.3 Å². The standard InChI is InChI=1S/C27H25N3O3/c1-17-8-7-11-23(18(17)2)29-25-24(21-12-14-22(15-13-21)28-19(3)31)26(32)30(27(25)33)16-20-9-5-4-6-10-20/h4-15,29H,16H2,1-3H3,(H,28,31). The van der Waals surface area contributed by atoms with E-state index in [0.29, 0.717) is 16.8 Å². The largest absolute Gasteiger partial charge is 0.350 e. The summed E-state index contributed by atoms with van der Waals surface area (Å²) in [5, 5.41) is 5.96. The number of hydrogen-bond acceptors (Lipinski definition) is 4. The maximum absolute atomic E-state index is 13.5. The maximum Gasteiger partial charge on any atom is 0.278 e. The first-order valence-corrected chi connectivity index (χ1v) is 10.7. The minimum atomic E-state index is -0.370. The normalized spacial score (nSPS) is 13.5. The highest BCUT2D eigenvalue weighted by Crippen LogP contribution is 2.33. The summed E-state index contributed by atoms with van der Waals surface area (Å²) < 4.78 is 0. The summed E-state index contributed by atoms with van der Waals surface area (Å²) in [6.45, 7) is 5.59. The van der Waals surface area contributed by atoms with Crippen LogP contribution >= 0.6 is 0 Å². The molecule has 0 bridgehead atoms. The number of amides is 3. The van der Waals surface area contributed by atoms with Crippen molar-refractivity contribution in [2.45, 2.75) is 27.3 Å². The molecule has 1 aliphatic rings. The van der Waals surface area contributed by atoms with Gasteiger partial charge < -0.3 is 10.6 Å². The molecular weight excluding hydrogens is 414 g/mol. The van der Waals surface area contributed by atoms with Crippen molar-refractivity contribution >= 4 is 34.7 Å². The van der Waals surface area contributed by atoms with Gasteiger partial charge >= 0.3 is 0 Å². The second-order valence-electron chi connectivity index (χ2n) is 8.06. The van der Waals surface area contributed by atoms with Crippen LogP contribution in [0.3, 0.4) is 0 Å². The van der Waals surface area contributed by atoms with Crippen molar-refractivity contribution in [2.24, 2.45) is 0 Å². The highest BCUT2D eigenvalue weighted by molar-refractivity contribution is 6.36. The number of rotatable bonds is 6. The third kappa shape index (κ3) is 4.55. The summed E-state index contributed by atoms with van der Waals surface area (Å²) in [6, 6.07) is 22.1. The number of anilines is 2. The van der Waals surface area contributed by atoms with E-state index >= 15 is 0 Å². The van der Waals surface area contributed by atoms with Crippen LogP contribution in [-0.4, -0.2) is 22.6 Å². The van der Waals surface area contributed by atoms with Gasteiger partial charge in [-0.05, 0) is 54.3 Å². The van der Waals surface area contributed by atoms with E-state index in [-0.39, 0.29) is 30.0 Å². The Morgan fingerprint density at radius 3 is 2.21 bits per heavy atom. The van der Waals surface area contributed by atoms with Crippen molar-refractivity contribution in [1.82, 2.24) is 4.90 Å². The van der Waals surface area contributed by atoms with Crippen LogP contribution in [0.1, 0.15) is 29.2 Å². The number of aryl methyl sites for hydroxylation is 1. The van der Waals surface area contributed by atoms with E-state index in [1.807, 2.05) is 62.4 Å². The van der Waals surface area contributed by atoms with E-state index in [0.717, 1.165) is 22.4 Å². The highest BCUT2D eigenvalue weighted by Gasteiger charge is 2.39. The molecule has 0 unspecified atom stereocenters. The maximum atomic E-state index is 13.5. The van der Waals surface area contributed by atoms with Crippen molar-refractivity contribution in [3.63, 3.8) is 0 Å². The Hall–Kier alpha value is -4.19. The summed E-state index contributed by atoms with van der Waals surface area (Å²) in [4.78, 5) is 39.5. The number of imide groups is 1. The Bertz CT molecular complexity index is 1260. The predicted molar refractivity (Wildman–Crippen MR) is 129 cm³/mol. The molecule has 0 aromatic heterocycles. The van der Waals surface area contributed by atoms with E-state index in [4.69, 9.17) is 0 Å². The van der Waals surface area contributed by atoms with Gasteiger partial charge in [-0.1, -0.05) is 54.6 Å². The monoisotopic (exact) mass is 439 g/mol. The summed E-state index contributed by atoms with van der Waals surface area (Å²) >= 11 is 0. The van der Waals surface area contributed by atoms with Crippen LogP contribution in [0.5, 0.6) is 0 Å². The molecule has 3 aromatic carbocycles. The van der Waals surface area contributed by atoms with E-state index in [9.17, 15) is 14.4 Å². The first kappa shape index (κ1) is 22.0. The van der Waals surface area contributed by atoms with Crippen LogP contribution in [0, 0.1) is 13.8 Å². The Balaban J connectivity index is 1.75. The van der Waals surface area contributed by atoms with Crippen LogP contribution in [0.15, 0.2) is 78.5 Å². The van der Waals surface area contributed by atoms with Gasteiger partial charge in [0.25, 0.3) is 11.8 Å². The average molecular weight is 440 g/mol. The molecule has 2 N–H and O–H groups in total. The minimum Gasteiger partial charge on any atom is -0.350 e. The minimum absolute atomic E-state index is 0.180. The zero-order valence-corrected chi connectivity index (χ0v) is 18.8. The lowest BCUT2D eigenvalue weighted by atomic mass is 10.0. The molecule has 0 radical (unpaired) electrons. The fourth-order valence-electron chi connectivity index (χ4n) is 3.81. The molecule has 1 heterocycles. The average Bonchev–Trinajstić information content (AvgIpc) is 3.02. The second kappa shape index (κ2) is 9.12. The zero-order valence-electron chi connectivity index (χ0n) is 18.8. The van der Waals surface area contributed by atoms with E-state index in [1.54, 1.807) is 24.3 Å². The number of nitrogens with zero attached hydrogens (tertiary/aromatic N) is 1. The molecule has 6 heteroatoms. The number of nitrogens with one attached hydrogen (secondary N) is 2. The molecule has 6 nitrogen and oxygen atoms in total. The topological polar surface area (TPSA) is 78.5 Å². The summed E-state index contributed by atoms with van der Waals surface area (Å²) in [5.41, 5.74) is 5.52. The SMILES string of the molecule is CC(=O)Nc1ccc(C2=C(Nc3cccc(C)c3C)C(=O)N(Cc3ccccc3)C2=O)cc1. The highest BCUT2D eigenvalue weighted by atomic mass is 16.2. The summed E-state index contributed by atoms with van der Waals surface area (Å²) in [6.07, 6.45) is 0. The Morgan fingerprint density at radius 2 is 1.55 bits per heavy atom. The van der Waals surface area contributed by atoms with Crippen LogP contribution in [0.4, 0.5) is 11.4 Å². The predicted octanol–water partition coefficient (Wildman–Crippen LogP) is 4.65. The van der Waals surface area contributed by atoms with Gasteiger partial charge in [0, 0.05) is 18.3 Å². The lowest BCUT2D eigenvalue weighted by molar-refractivity contribution is -0.137. The van der Waals surface area contributed by atoms with E-state index in [2.05, 4.69) is 10.6 Å². The molecule has 33 heavy (non-hydrogen) atoms. The fourth-order valence-corrected chi connectivity index (χ4v) is 3.81. The molecule has 0 spiro atoms. The Kier molecular flexibility index (Phi) is 6.09. The van der Waals surface area contributed by atoms with Crippen LogP contribution in [0.25, 0.3) is 5.57 Å². The van der Waals surface area contributed by atoms with Crippen molar-refractivity contribution in [3.8, 4) is 0 Å². The Morgan fingerprint density at radius 1 is 0.848 bits per heavy atom. The molecule has 3 aromatic rings. The fraction of sp³-hybridized carbons (Fsp3) is 0.148. The Labute approximate surface area is 192 Å². The molecule has 166 valence electrons. The molecule has 0 saturated carbocycles. The van der Waals surface area contributed by atoms with Crippen LogP contribution in [-0.2, 0) is 20.9 Å². The van der Waals surface area contributed by atoms with Gasteiger partial charge in [0.2, 0.25) is 5.91 Å². The first-order chi connectivity index (χ1) is 15.8. The molecule has 0 aliphatic carbocycles. The van der Waals surface area contributed by atoms with Crippen molar-refractivity contribution in [3.05, 3.63) is 101 Å².